The molecular weight excluding hydrogens is 290 g/mol. The van der Waals surface area contributed by atoms with Gasteiger partial charge in [0.1, 0.15) is 5.75 Å². The van der Waals surface area contributed by atoms with E-state index in [0.29, 0.717) is 12.2 Å². The van der Waals surface area contributed by atoms with Crippen LogP contribution in [0.1, 0.15) is 36.8 Å². The van der Waals surface area contributed by atoms with E-state index in [1.54, 1.807) is 0 Å². The normalized spacial score (nSPS) is 12.2. The van der Waals surface area contributed by atoms with Crippen LogP contribution in [0.3, 0.4) is 0 Å². The quantitative estimate of drug-likeness (QED) is 0.590. The first-order valence-corrected chi connectivity index (χ1v) is 10.5. The van der Waals surface area contributed by atoms with E-state index in [0.717, 1.165) is 12.0 Å². The number of carbonyl (C=O) groups is 1. The van der Waals surface area contributed by atoms with Gasteiger partial charge in [-0.2, -0.15) is 0 Å². The maximum Gasteiger partial charge on any atom is 0.250 e. The van der Waals surface area contributed by atoms with Crippen molar-refractivity contribution in [2.45, 2.75) is 45.4 Å². The molecule has 0 N–H and O–H groups in total. The van der Waals surface area contributed by atoms with Crippen molar-refractivity contribution in [3.63, 3.8) is 0 Å². The topological polar surface area (TPSA) is 31.2 Å². The second-order valence-corrected chi connectivity index (χ2v) is 11.9. The molecule has 0 aliphatic rings. The Labute approximate surface area is 134 Å². The Morgan fingerprint density at radius 3 is 2.36 bits per heavy atom. The molecule has 2 rings (SSSR count). The van der Waals surface area contributed by atoms with Crippen molar-refractivity contribution in [2.75, 3.05) is 0 Å². The molecule has 3 nitrogen and oxygen atoms in total. The fourth-order valence-electron chi connectivity index (χ4n) is 2.02. The second kappa shape index (κ2) is 6.13. The van der Waals surface area contributed by atoms with E-state index < -0.39 is 8.32 Å². The Balaban J connectivity index is 2.24. The summed E-state index contributed by atoms with van der Waals surface area (Å²) in [5, 5.41) is 0.135. The van der Waals surface area contributed by atoms with E-state index >= 15 is 0 Å². The molecule has 0 spiro atoms. The molecule has 0 saturated carbocycles. The van der Waals surface area contributed by atoms with Crippen LogP contribution in [0.4, 0.5) is 0 Å². The van der Waals surface area contributed by atoms with Gasteiger partial charge < -0.3 is 8.99 Å². The van der Waals surface area contributed by atoms with Gasteiger partial charge in [-0.25, -0.2) is 0 Å². The van der Waals surface area contributed by atoms with Gasteiger partial charge in [0.05, 0.1) is 5.69 Å². The number of rotatable bonds is 5. The van der Waals surface area contributed by atoms with Crippen LogP contribution >= 0.6 is 0 Å². The van der Waals surface area contributed by atoms with Crippen molar-refractivity contribution in [2.24, 2.45) is 0 Å². The van der Waals surface area contributed by atoms with Crippen LogP contribution in [0, 0.1) is 0 Å². The van der Waals surface area contributed by atoms with Crippen LogP contribution in [-0.2, 0) is 6.54 Å². The number of aldehydes is 1. The monoisotopic (exact) mass is 315 g/mol. The smallest absolute Gasteiger partial charge is 0.250 e. The molecule has 0 amide bonds. The van der Waals surface area contributed by atoms with E-state index in [-0.39, 0.29) is 5.04 Å². The Morgan fingerprint density at radius 2 is 1.82 bits per heavy atom. The number of nitrogens with zero attached hydrogens (tertiary/aromatic N) is 1. The Hall–Kier alpha value is -1.81. The SMILES string of the molecule is CC(C)(C)[Si](C)(C)Oc1cc(C=O)n(Cc2ccccc2)c1. The third-order valence-electron chi connectivity index (χ3n) is 4.40. The summed E-state index contributed by atoms with van der Waals surface area (Å²) in [7, 11) is -1.89. The molecule has 0 aliphatic carbocycles. The van der Waals surface area contributed by atoms with E-state index in [4.69, 9.17) is 4.43 Å². The second-order valence-electron chi connectivity index (χ2n) is 7.19. The highest BCUT2D eigenvalue weighted by molar-refractivity contribution is 6.74. The molecule has 0 bridgehead atoms. The summed E-state index contributed by atoms with van der Waals surface area (Å²) in [4.78, 5) is 11.3. The standard InChI is InChI=1S/C18H25NO2Si/c1-18(2,3)22(4,5)21-17-11-16(14-20)19(13-17)12-15-9-7-6-8-10-15/h6-11,13-14H,12H2,1-5H3. The van der Waals surface area contributed by atoms with Gasteiger partial charge >= 0.3 is 0 Å². The average Bonchev–Trinajstić information content (AvgIpc) is 2.79. The van der Waals surface area contributed by atoms with E-state index in [1.165, 1.54) is 5.56 Å². The number of benzene rings is 1. The van der Waals surface area contributed by atoms with Gasteiger partial charge in [0.15, 0.2) is 6.29 Å². The van der Waals surface area contributed by atoms with E-state index in [2.05, 4.69) is 46.0 Å². The van der Waals surface area contributed by atoms with Crippen LogP contribution in [-0.4, -0.2) is 19.2 Å². The molecule has 2 aromatic rings. The van der Waals surface area contributed by atoms with Crippen LogP contribution in [0.2, 0.25) is 18.1 Å². The third kappa shape index (κ3) is 3.68. The molecule has 0 saturated heterocycles. The van der Waals surface area contributed by atoms with E-state index in [9.17, 15) is 4.79 Å². The number of hydrogen-bond acceptors (Lipinski definition) is 2. The zero-order valence-electron chi connectivity index (χ0n) is 14.1. The van der Waals surface area contributed by atoms with Crippen molar-refractivity contribution < 1.29 is 9.22 Å². The highest BCUT2D eigenvalue weighted by Crippen LogP contribution is 2.37. The predicted molar refractivity (Wildman–Crippen MR) is 93.2 cm³/mol. The van der Waals surface area contributed by atoms with Crippen molar-refractivity contribution in [1.29, 1.82) is 0 Å². The first kappa shape index (κ1) is 16.6. The lowest BCUT2D eigenvalue weighted by Gasteiger charge is -2.36. The number of carbonyl (C=O) groups excluding carboxylic acids is 1. The molecule has 118 valence electrons. The molecule has 0 radical (unpaired) electrons. The summed E-state index contributed by atoms with van der Waals surface area (Å²) in [5.41, 5.74) is 1.82. The van der Waals surface area contributed by atoms with Gasteiger partial charge in [-0.1, -0.05) is 51.1 Å². The molecule has 1 heterocycles. The molecule has 0 unspecified atom stereocenters. The minimum absolute atomic E-state index is 0.135. The molecule has 1 aromatic carbocycles. The van der Waals surface area contributed by atoms with Gasteiger partial charge in [-0.15, -0.1) is 0 Å². The first-order valence-electron chi connectivity index (χ1n) is 7.61. The highest BCUT2D eigenvalue weighted by atomic mass is 28.4. The van der Waals surface area contributed by atoms with Crippen LogP contribution in [0.5, 0.6) is 5.75 Å². The Bertz CT molecular complexity index is 639. The van der Waals surface area contributed by atoms with Crippen molar-refractivity contribution in [1.82, 2.24) is 4.57 Å². The predicted octanol–water partition coefficient (Wildman–Crippen LogP) is 4.73. The van der Waals surface area contributed by atoms with Crippen molar-refractivity contribution in [3.05, 3.63) is 53.9 Å². The molecule has 0 atom stereocenters. The van der Waals surface area contributed by atoms with Crippen molar-refractivity contribution in [3.8, 4) is 5.75 Å². The Morgan fingerprint density at radius 1 is 1.18 bits per heavy atom. The highest BCUT2D eigenvalue weighted by Gasteiger charge is 2.39. The maximum absolute atomic E-state index is 11.3. The van der Waals surface area contributed by atoms with Crippen LogP contribution < -0.4 is 4.43 Å². The fraction of sp³-hybridized carbons (Fsp3) is 0.389. The van der Waals surface area contributed by atoms with Gasteiger partial charge in [-0.3, -0.25) is 4.79 Å². The molecule has 1 aromatic heterocycles. The lowest BCUT2D eigenvalue weighted by atomic mass is 10.2. The fourth-order valence-corrected chi connectivity index (χ4v) is 3.02. The zero-order chi connectivity index (χ0) is 16.4. The number of hydrogen-bond donors (Lipinski definition) is 0. The minimum atomic E-state index is -1.89. The molecular formula is C18H25NO2Si. The molecule has 0 fully saturated rings. The lowest BCUT2D eigenvalue weighted by Crippen LogP contribution is -2.43. The maximum atomic E-state index is 11.3. The summed E-state index contributed by atoms with van der Waals surface area (Å²) in [6.07, 6.45) is 2.83. The van der Waals surface area contributed by atoms with Gasteiger partial charge in [0, 0.05) is 18.8 Å². The summed E-state index contributed by atoms with van der Waals surface area (Å²) in [6.45, 7) is 11.7. The largest absolute Gasteiger partial charge is 0.542 e. The average molecular weight is 315 g/mol. The van der Waals surface area contributed by atoms with Crippen LogP contribution in [0.15, 0.2) is 42.6 Å². The van der Waals surface area contributed by atoms with Gasteiger partial charge in [0.25, 0.3) is 8.32 Å². The third-order valence-corrected chi connectivity index (χ3v) is 8.76. The van der Waals surface area contributed by atoms with Gasteiger partial charge in [0.2, 0.25) is 0 Å². The molecule has 22 heavy (non-hydrogen) atoms. The first-order chi connectivity index (χ1) is 10.2. The summed E-state index contributed by atoms with van der Waals surface area (Å²) in [5.74, 6) is 0.796. The minimum Gasteiger partial charge on any atom is -0.542 e. The zero-order valence-corrected chi connectivity index (χ0v) is 15.1. The Kier molecular flexibility index (Phi) is 4.61. The molecule has 4 heteroatoms. The number of aromatic nitrogens is 1. The molecule has 0 aliphatic heterocycles. The summed E-state index contributed by atoms with van der Waals surface area (Å²) >= 11 is 0. The summed E-state index contributed by atoms with van der Waals surface area (Å²) in [6, 6.07) is 12.0. The van der Waals surface area contributed by atoms with Gasteiger partial charge in [-0.05, 0) is 23.7 Å². The summed E-state index contributed by atoms with van der Waals surface area (Å²) < 4.78 is 8.24. The van der Waals surface area contributed by atoms with E-state index in [1.807, 2.05) is 35.0 Å². The lowest BCUT2D eigenvalue weighted by molar-refractivity contribution is 0.111. The van der Waals surface area contributed by atoms with Crippen molar-refractivity contribution >= 4 is 14.6 Å². The van der Waals surface area contributed by atoms with Crippen LogP contribution in [0.25, 0.3) is 0 Å².